The number of benzene rings is 6. The first-order valence-corrected chi connectivity index (χ1v) is 39.3. The third-order valence-electron chi connectivity index (χ3n) is 20.3. The molecule has 0 bridgehead atoms. The Balaban J connectivity index is 0.000000142. The molecule has 0 aliphatic carbocycles. The second-order valence-electron chi connectivity index (χ2n) is 33.3. The predicted octanol–water partition coefficient (Wildman–Crippen LogP) is 16.1. The number of nitrogens with one attached hydrogen (secondary N) is 3. The van der Waals surface area contributed by atoms with E-state index in [-0.39, 0.29) is 64.9 Å². The van der Waals surface area contributed by atoms with Crippen molar-refractivity contribution in [1.82, 2.24) is 40.6 Å². The van der Waals surface area contributed by atoms with E-state index in [9.17, 15) is 33.6 Å². The van der Waals surface area contributed by atoms with E-state index in [1.54, 1.807) is 14.7 Å². The van der Waals surface area contributed by atoms with Crippen LogP contribution < -0.4 is 30.9 Å². The maximum atomic E-state index is 12.4. The van der Waals surface area contributed by atoms with Crippen LogP contribution in [0.25, 0.3) is 11.1 Å². The molecule has 3 saturated heterocycles. The van der Waals surface area contributed by atoms with Crippen LogP contribution in [-0.4, -0.2) is 102 Å². The number of hydrogen-bond donors (Lipinski definition) is 3. The number of carbonyl (C=O) groups is 7. The summed E-state index contributed by atoms with van der Waals surface area (Å²) < 4.78 is 41.2. The zero-order chi connectivity index (χ0) is 81.3. The Morgan fingerprint density at radius 3 is 1.33 bits per heavy atom. The van der Waals surface area contributed by atoms with Crippen LogP contribution in [0, 0.1) is 13.8 Å². The number of amides is 7. The first-order chi connectivity index (χ1) is 53.4. The van der Waals surface area contributed by atoms with Crippen LogP contribution in [0.3, 0.4) is 0 Å². The van der Waals surface area contributed by atoms with Crippen molar-refractivity contribution >= 4 is 70.4 Å². The highest BCUT2D eigenvalue weighted by Gasteiger charge is 2.52. The number of nitrogens with zero attached hydrogens (tertiary/aromatic N) is 5. The summed E-state index contributed by atoms with van der Waals surface area (Å²) >= 11 is 3.44. The van der Waals surface area contributed by atoms with Crippen LogP contribution in [0.4, 0.5) is 14.4 Å². The van der Waals surface area contributed by atoms with Gasteiger partial charge in [0.15, 0.2) is 0 Å². The zero-order valence-electron chi connectivity index (χ0n) is 67.5. The van der Waals surface area contributed by atoms with Crippen LogP contribution >= 0.6 is 15.9 Å². The minimum absolute atomic E-state index is 0.158. The van der Waals surface area contributed by atoms with E-state index in [2.05, 4.69) is 78.2 Å². The van der Waals surface area contributed by atoms with E-state index < -0.39 is 23.9 Å². The molecule has 0 radical (unpaired) electrons. The van der Waals surface area contributed by atoms with Gasteiger partial charge in [0.2, 0.25) is 35.4 Å². The molecule has 24 heteroatoms. The minimum atomic E-state index is -0.524. The van der Waals surface area contributed by atoms with Crippen molar-refractivity contribution in [3.8, 4) is 22.9 Å². The Morgan fingerprint density at radius 1 is 0.478 bits per heavy atom. The molecule has 7 amide bonds. The van der Waals surface area contributed by atoms with E-state index in [0.717, 1.165) is 90.0 Å². The molecule has 22 nitrogen and oxygen atoms in total. The lowest BCUT2D eigenvalue weighted by molar-refractivity contribution is -0.135. The average Bonchev–Trinajstić information content (AvgIpc) is 1.63. The summed E-state index contributed by atoms with van der Waals surface area (Å²) in [5, 5.41) is 8.07. The van der Waals surface area contributed by atoms with Gasteiger partial charge in [-0.3, -0.25) is 44.5 Å². The Hall–Kier alpha value is -10.3. The number of aromatic nitrogens is 2. The van der Waals surface area contributed by atoms with Gasteiger partial charge in [0.1, 0.15) is 30.0 Å². The number of ether oxygens (including phenoxy) is 5. The lowest BCUT2D eigenvalue weighted by Crippen LogP contribution is -2.41. The average molecular weight is 1600 g/mol. The van der Waals surface area contributed by atoms with Crippen LogP contribution in [0.15, 0.2) is 162 Å². The monoisotopic (exact) mass is 1600 g/mol. The molecule has 594 valence electrons. The Bertz CT molecular complexity index is 4810. The maximum absolute atomic E-state index is 12.4. The summed E-state index contributed by atoms with van der Waals surface area (Å²) in [6, 6.07) is 52.4. The van der Waals surface area contributed by atoms with Crippen molar-refractivity contribution in [2.45, 2.75) is 235 Å². The minimum Gasteiger partial charge on any atom is -0.473 e. The van der Waals surface area contributed by atoms with E-state index in [0.29, 0.717) is 89.9 Å². The molecule has 2 atom stereocenters. The van der Waals surface area contributed by atoms with E-state index in [1.165, 1.54) is 22.3 Å². The van der Waals surface area contributed by atoms with Gasteiger partial charge in [-0.25, -0.2) is 24.4 Å². The molecule has 113 heavy (non-hydrogen) atoms. The second kappa shape index (κ2) is 35.4. The number of rotatable bonds is 10. The van der Waals surface area contributed by atoms with Gasteiger partial charge in [-0.05, 0) is 219 Å². The lowest BCUT2D eigenvalue weighted by atomic mass is 9.78. The number of carbonyl (C=O) groups excluding carboxylic acids is 7. The molecule has 0 spiro atoms. The number of piperidine rings is 2. The smallest absolute Gasteiger partial charge is 0.473 e. The highest BCUT2D eigenvalue weighted by atomic mass is 79.9. The standard InChI is InChI=1S/C26H28N2O3.C19H24BNO3.C18H22N2O4.C13H16BrNO2.C13H14N2O2/c1-18-23(12-13-24(27-18)30-17-19-8-6-5-7-9-19)20-10-11-21-15-28(16-22(21)14-20)25(29)31-26(2,3)4;1-14-16(20-23-18(2,3)19(4,5)24-20)11-12-17(21-14)22-13-15-9-7-6-8-10-15;1-18(2,3)24-17(23)20-9-12-5-4-11(8-13(12)10-20)14-6-7-15(21)19-16(14)22;1-13(2,3)17-12(16)15-7-9-4-5-11(14)6-10(9)8-15;16-12-4-3-11(13(17)15-12)8-1-2-9-6-14-7-10(9)5-8/h5-14H,15-17H2,1-4H3;6-12H,13H2,1-5H3;4-5,8,14H,6-7,9-10H2,1-3H3,(H,19,21,22);4-6H,7-8H2,1-3H3;1-2,5,11,14H,3-4,6-7H2,(H,15,16,17). The zero-order valence-corrected chi connectivity index (χ0v) is 69.1. The summed E-state index contributed by atoms with van der Waals surface area (Å²) in [6.45, 7) is 35.1. The molecular formula is C89H104BBrN8O14. The van der Waals surface area contributed by atoms with E-state index in [4.69, 9.17) is 33.0 Å². The molecule has 2 aromatic heterocycles. The second-order valence-corrected chi connectivity index (χ2v) is 34.2. The van der Waals surface area contributed by atoms with Crippen molar-refractivity contribution in [1.29, 1.82) is 0 Å². The van der Waals surface area contributed by atoms with Gasteiger partial charge >= 0.3 is 25.4 Å². The van der Waals surface area contributed by atoms with Gasteiger partial charge in [-0.15, -0.1) is 0 Å². The molecule has 3 fully saturated rings. The quantitative estimate of drug-likeness (QED) is 0.0653. The molecule has 6 aromatic carbocycles. The molecule has 15 rings (SSSR count). The fraction of sp³-hybridized carbons (Fsp3) is 0.404. The van der Waals surface area contributed by atoms with Crippen molar-refractivity contribution in [3.63, 3.8) is 0 Å². The number of aryl methyl sites for hydroxylation is 2. The van der Waals surface area contributed by atoms with Crippen LogP contribution in [0.2, 0.25) is 0 Å². The first kappa shape index (κ1) is 83.7. The van der Waals surface area contributed by atoms with Crippen molar-refractivity contribution in [3.05, 3.63) is 240 Å². The molecule has 2 unspecified atom stereocenters. The number of fused-ring (bicyclic) bond motifs is 4. The van der Waals surface area contributed by atoms with Crippen LogP contribution in [0.1, 0.15) is 206 Å². The van der Waals surface area contributed by atoms with Gasteiger partial charge in [0.25, 0.3) is 0 Å². The molecule has 7 aliphatic rings. The molecule has 9 heterocycles. The Kier molecular flexibility index (Phi) is 26.2. The SMILES string of the molecule is CC(C)(C)OC(=O)N1Cc2ccc(Br)cc2C1.CC(C)(C)OC(=O)N1Cc2ccc(C3CCC(=O)NC3=O)cc2C1.Cc1nc(OCc2ccccc2)ccc1-c1ccc2c(c1)CN(C(=O)OC(C)(C)C)C2.Cc1nc(OCc2ccccc2)ccc1B1OC(C)(C)C(C)(C)O1.O=C1CCC(c2ccc3c(c2)CNC3)C(=O)N1. The fourth-order valence-electron chi connectivity index (χ4n) is 13.7. The normalized spacial score (nSPS) is 17.7. The molecular weight excluding hydrogens is 1500 g/mol. The molecule has 3 N–H and O–H groups in total. The topological polar surface area (TPSA) is 256 Å². The maximum Gasteiger partial charge on any atom is 0.496 e. The Labute approximate surface area is 672 Å². The van der Waals surface area contributed by atoms with Crippen molar-refractivity contribution in [2.75, 3.05) is 0 Å². The lowest BCUT2D eigenvalue weighted by Gasteiger charge is -2.32. The van der Waals surface area contributed by atoms with E-state index >= 15 is 0 Å². The van der Waals surface area contributed by atoms with Crippen LogP contribution in [0.5, 0.6) is 11.8 Å². The summed E-state index contributed by atoms with van der Waals surface area (Å²) in [7, 11) is -0.398. The highest BCUT2D eigenvalue weighted by molar-refractivity contribution is 9.10. The van der Waals surface area contributed by atoms with E-state index in [1.807, 2.05) is 225 Å². The third kappa shape index (κ3) is 22.6. The molecule has 0 saturated carbocycles. The summed E-state index contributed by atoms with van der Waals surface area (Å²) in [5.41, 5.74) is 16.2. The van der Waals surface area contributed by atoms with Crippen molar-refractivity contribution < 1.29 is 66.6 Å². The van der Waals surface area contributed by atoms with Crippen molar-refractivity contribution in [2.24, 2.45) is 0 Å². The molecule has 8 aromatic rings. The predicted molar refractivity (Wildman–Crippen MR) is 435 cm³/mol. The highest BCUT2D eigenvalue weighted by Crippen LogP contribution is 2.38. The Morgan fingerprint density at radius 2 is 0.876 bits per heavy atom. The summed E-state index contributed by atoms with van der Waals surface area (Å²) in [4.78, 5) is 97.0. The van der Waals surface area contributed by atoms with Crippen LogP contribution in [-0.2, 0) is 108 Å². The van der Waals surface area contributed by atoms with Gasteiger partial charge in [-0.1, -0.05) is 137 Å². The third-order valence-corrected chi connectivity index (χ3v) is 20.8. The van der Waals surface area contributed by atoms with Gasteiger partial charge in [0, 0.05) is 98.2 Å². The molecule has 7 aliphatic heterocycles. The summed E-state index contributed by atoms with van der Waals surface area (Å²) in [5.74, 6) is -0.0240. The number of halogens is 1. The van der Waals surface area contributed by atoms with Gasteiger partial charge in [-0.2, -0.15) is 0 Å². The number of pyridine rings is 2. The largest absolute Gasteiger partial charge is 0.496 e. The first-order valence-electron chi connectivity index (χ1n) is 38.5. The summed E-state index contributed by atoms with van der Waals surface area (Å²) in [6.07, 6.45) is 1.09. The number of imide groups is 2. The fourth-order valence-corrected chi connectivity index (χ4v) is 14.1. The number of hydrogen-bond acceptors (Lipinski definition) is 17. The van der Waals surface area contributed by atoms with Gasteiger partial charge in [0.05, 0.1) is 23.0 Å². The van der Waals surface area contributed by atoms with Gasteiger partial charge < -0.3 is 38.3 Å².